The van der Waals surface area contributed by atoms with Gasteiger partial charge in [-0.25, -0.2) is 4.98 Å². The van der Waals surface area contributed by atoms with Gasteiger partial charge in [0.2, 0.25) is 5.91 Å². The number of aryl methyl sites for hydroxylation is 2. The molecule has 0 bridgehead atoms. The summed E-state index contributed by atoms with van der Waals surface area (Å²) in [5.74, 6) is 0.110. The van der Waals surface area contributed by atoms with Gasteiger partial charge in [0, 0.05) is 23.9 Å². The van der Waals surface area contributed by atoms with Crippen LogP contribution < -0.4 is 5.32 Å². The normalized spacial score (nSPS) is 10.9. The first-order valence-electron chi connectivity index (χ1n) is 8.06. The van der Waals surface area contributed by atoms with Crippen LogP contribution in [-0.4, -0.2) is 17.4 Å². The van der Waals surface area contributed by atoms with Crippen LogP contribution in [0.2, 0.25) is 0 Å². The van der Waals surface area contributed by atoms with Crippen LogP contribution >= 0.6 is 27.3 Å². The maximum atomic E-state index is 11.9. The van der Waals surface area contributed by atoms with Gasteiger partial charge >= 0.3 is 0 Å². The fourth-order valence-corrected chi connectivity index (χ4v) is 3.99. The Kier molecular flexibility index (Phi) is 5.99. The molecular weight excluding hydrogens is 384 g/mol. The third kappa shape index (κ3) is 4.89. The summed E-state index contributed by atoms with van der Waals surface area (Å²) < 4.78 is 2.28. The van der Waals surface area contributed by atoms with E-state index >= 15 is 0 Å². The van der Waals surface area contributed by atoms with Gasteiger partial charge in [-0.3, -0.25) is 4.79 Å². The van der Waals surface area contributed by atoms with Gasteiger partial charge in [0.05, 0.1) is 15.2 Å². The predicted molar refractivity (Wildman–Crippen MR) is 103 cm³/mol. The fourth-order valence-electron chi connectivity index (χ4n) is 2.53. The van der Waals surface area contributed by atoms with Gasteiger partial charge in [0.25, 0.3) is 0 Å². The molecule has 0 fully saturated rings. The van der Waals surface area contributed by atoms with Gasteiger partial charge in [0.1, 0.15) is 0 Å². The molecule has 0 unspecified atom stereocenters. The van der Waals surface area contributed by atoms with Gasteiger partial charge in [-0.2, -0.15) is 0 Å². The number of rotatable bonds is 7. The Labute approximate surface area is 154 Å². The molecule has 5 heteroatoms. The van der Waals surface area contributed by atoms with Crippen molar-refractivity contribution in [3.8, 4) is 0 Å². The second-order valence-electron chi connectivity index (χ2n) is 5.66. The van der Waals surface area contributed by atoms with E-state index in [0.717, 1.165) is 34.3 Å². The molecule has 1 N–H and O–H groups in total. The van der Waals surface area contributed by atoms with E-state index in [-0.39, 0.29) is 5.91 Å². The molecule has 0 spiro atoms. The number of hydrogen-bond acceptors (Lipinski definition) is 3. The first-order chi connectivity index (χ1) is 11.7. The fraction of sp³-hybridized carbons (Fsp3) is 0.263. The van der Waals surface area contributed by atoms with Crippen molar-refractivity contribution in [3.63, 3.8) is 0 Å². The van der Waals surface area contributed by atoms with Crippen LogP contribution in [0.1, 0.15) is 23.4 Å². The summed E-state index contributed by atoms with van der Waals surface area (Å²) in [7, 11) is 0. The Morgan fingerprint density at radius 1 is 1.12 bits per heavy atom. The Balaban J connectivity index is 1.37. The monoisotopic (exact) mass is 402 g/mol. The lowest BCUT2D eigenvalue weighted by molar-refractivity contribution is -0.121. The van der Waals surface area contributed by atoms with Crippen molar-refractivity contribution in [3.05, 3.63) is 63.6 Å². The van der Waals surface area contributed by atoms with Gasteiger partial charge < -0.3 is 5.32 Å². The van der Waals surface area contributed by atoms with E-state index in [1.165, 1.54) is 10.3 Å². The van der Waals surface area contributed by atoms with Crippen LogP contribution in [0.3, 0.4) is 0 Å². The molecule has 0 saturated carbocycles. The molecule has 2 aromatic carbocycles. The molecule has 1 heterocycles. The number of aromatic nitrogens is 1. The second kappa shape index (κ2) is 8.40. The topological polar surface area (TPSA) is 42.0 Å². The minimum atomic E-state index is 0.110. The van der Waals surface area contributed by atoms with Crippen molar-refractivity contribution in [1.29, 1.82) is 0 Å². The molecule has 3 aromatic rings. The molecule has 0 radical (unpaired) electrons. The summed E-state index contributed by atoms with van der Waals surface area (Å²) in [6.07, 6.45) is 3.12. The zero-order valence-corrected chi connectivity index (χ0v) is 15.7. The van der Waals surface area contributed by atoms with Crippen LogP contribution in [0.4, 0.5) is 0 Å². The Hall–Kier alpha value is -1.72. The van der Waals surface area contributed by atoms with Gasteiger partial charge in [0.15, 0.2) is 0 Å². The van der Waals surface area contributed by atoms with Crippen LogP contribution in [-0.2, 0) is 17.6 Å². The van der Waals surface area contributed by atoms with Gasteiger partial charge in [-0.1, -0.05) is 40.2 Å². The summed E-state index contributed by atoms with van der Waals surface area (Å²) in [5.41, 5.74) is 2.24. The number of benzene rings is 2. The van der Waals surface area contributed by atoms with Crippen molar-refractivity contribution in [1.82, 2.24) is 10.3 Å². The summed E-state index contributed by atoms with van der Waals surface area (Å²) in [4.78, 5) is 16.5. The van der Waals surface area contributed by atoms with Gasteiger partial charge in [-0.15, -0.1) is 11.3 Å². The molecule has 0 atom stereocenters. The van der Waals surface area contributed by atoms with Crippen LogP contribution in [0, 0.1) is 0 Å². The van der Waals surface area contributed by atoms with E-state index in [2.05, 4.69) is 38.4 Å². The number of para-hydroxylation sites is 1. The first kappa shape index (κ1) is 17.1. The lowest BCUT2D eigenvalue weighted by Crippen LogP contribution is -2.24. The highest BCUT2D eigenvalue weighted by Crippen LogP contribution is 2.22. The predicted octanol–water partition coefficient (Wildman–Crippen LogP) is 4.74. The van der Waals surface area contributed by atoms with Crippen molar-refractivity contribution in [2.45, 2.75) is 25.7 Å². The average molecular weight is 403 g/mol. The Morgan fingerprint density at radius 2 is 2.00 bits per heavy atom. The van der Waals surface area contributed by atoms with E-state index < -0.39 is 0 Å². The average Bonchev–Trinajstić information content (AvgIpc) is 3.00. The number of hydrogen-bond donors (Lipinski definition) is 1. The summed E-state index contributed by atoms with van der Waals surface area (Å²) >= 11 is 5.19. The van der Waals surface area contributed by atoms with Crippen molar-refractivity contribution in [2.75, 3.05) is 6.54 Å². The third-order valence-electron chi connectivity index (χ3n) is 3.76. The molecule has 0 aliphatic heterocycles. The molecule has 0 saturated heterocycles. The van der Waals surface area contributed by atoms with E-state index in [1.54, 1.807) is 11.3 Å². The standard InChI is InChI=1S/C19H19BrN2OS/c20-15-6-3-5-14(13-15)10-11-18(23)21-12-4-9-19-22-16-7-1-2-8-17(16)24-19/h1-3,5-8,13H,4,9-12H2,(H,21,23). The zero-order valence-electron chi connectivity index (χ0n) is 13.3. The Bertz CT molecular complexity index is 798. The number of carbonyl (C=O) groups is 1. The van der Waals surface area contributed by atoms with Crippen molar-refractivity contribution < 1.29 is 4.79 Å². The van der Waals surface area contributed by atoms with Crippen molar-refractivity contribution in [2.24, 2.45) is 0 Å². The molecule has 1 aromatic heterocycles. The quantitative estimate of drug-likeness (QED) is 0.579. The number of amides is 1. The van der Waals surface area contributed by atoms with E-state index in [9.17, 15) is 4.79 Å². The maximum absolute atomic E-state index is 11.9. The number of thiazole rings is 1. The Morgan fingerprint density at radius 3 is 2.83 bits per heavy atom. The molecule has 0 aliphatic carbocycles. The zero-order chi connectivity index (χ0) is 16.8. The second-order valence-corrected chi connectivity index (χ2v) is 7.69. The minimum absolute atomic E-state index is 0.110. The number of fused-ring (bicyclic) bond motifs is 1. The molecule has 3 rings (SSSR count). The first-order valence-corrected chi connectivity index (χ1v) is 9.67. The number of nitrogens with one attached hydrogen (secondary N) is 1. The number of halogens is 1. The van der Waals surface area contributed by atoms with E-state index in [1.807, 2.05) is 36.4 Å². The highest BCUT2D eigenvalue weighted by atomic mass is 79.9. The highest BCUT2D eigenvalue weighted by Gasteiger charge is 2.05. The minimum Gasteiger partial charge on any atom is -0.356 e. The molecule has 0 aliphatic rings. The van der Waals surface area contributed by atoms with Crippen LogP contribution in [0.15, 0.2) is 53.0 Å². The van der Waals surface area contributed by atoms with E-state index in [4.69, 9.17) is 0 Å². The molecule has 1 amide bonds. The maximum Gasteiger partial charge on any atom is 0.220 e. The van der Waals surface area contributed by atoms with Crippen molar-refractivity contribution >= 4 is 43.4 Å². The highest BCUT2D eigenvalue weighted by molar-refractivity contribution is 9.10. The molecular formula is C19H19BrN2OS. The summed E-state index contributed by atoms with van der Waals surface area (Å²) in [5, 5.41) is 4.14. The summed E-state index contributed by atoms with van der Waals surface area (Å²) in [6.45, 7) is 0.702. The van der Waals surface area contributed by atoms with Crippen LogP contribution in [0.25, 0.3) is 10.2 Å². The SMILES string of the molecule is O=C(CCc1cccc(Br)c1)NCCCc1nc2ccccc2s1. The lowest BCUT2D eigenvalue weighted by atomic mass is 10.1. The summed E-state index contributed by atoms with van der Waals surface area (Å²) in [6, 6.07) is 16.3. The number of carbonyl (C=O) groups excluding carboxylic acids is 1. The third-order valence-corrected chi connectivity index (χ3v) is 5.35. The van der Waals surface area contributed by atoms with E-state index in [0.29, 0.717) is 13.0 Å². The lowest BCUT2D eigenvalue weighted by Gasteiger charge is -2.05. The largest absolute Gasteiger partial charge is 0.356 e. The van der Waals surface area contributed by atoms with Crippen LogP contribution in [0.5, 0.6) is 0 Å². The molecule has 24 heavy (non-hydrogen) atoms. The molecule has 124 valence electrons. The van der Waals surface area contributed by atoms with Gasteiger partial charge in [-0.05, 0) is 42.7 Å². The number of nitrogens with zero attached hydrogens (tertiary/aromatic N) is 1. The smallest absolute Gasteiger partial charge is 0.220 e. The molecule has 3 nitrogen and oxygen atoms in total.